The van der Waals surface area contributed by atoms with Crippen molar-refractivity contribution in [2.45, 2.75) is 19.9 Å². The monoisotopic (exact) mass is 270 g/mol. The number of carbonyl (C=O) groups excluding carboxylic acids is 1. The molecule has 1 rings (SSSR count). The van der Waals surface area contributed by atoms with Crippen molar-refractivity contribution in [2.24, 2.45) is 0 Å². The summed E-state index contributed by atoms with van der Waals surface area (Å²) in [5.41, 5.74) is 0.717. The van der Waals surface area contributed by atoms with Gasteiger partial charge < -0.3 is 4.90 Å². The van der Waals surface area contributed by atoms with E-state index < -0.39 is 10.8 Å². The average Bonchev–Trinajstić information content (AvgIpc) is 2.35. The van der Waals surface area contributed by atoms with Crippen LogP contribution in [0.1, 0.15) is 22.8 Å². The van der Waals surface area contributed by atoms with E-state index in [-0.39, 0.29) is 23.2 Å². The summed E-state index contributed by atoms with van der Waals surface area (Å²) < 4.78 is 0. The lowest BCUT2D eigenvalue weighted by molar-refractivity contribution is -0.385. The number of halogens is 1. The summed E-state index contributed by atoms with van der Waals surface area (Å²) in [6.07, 6.45) is 0. The Bertz CT molecular complexity index is 476. The van der Waals surface area contributed by atoms with Gasteiger partial charge in [-0.25, -0.2) is 0 Å². The van der Waals surface area contributed by atoms with Gasteiger partial charge in [0.1, 0.15) is 5.56 Å². The van der Waals surface area contributed by atoms with Crippen molar-refractivity contribution in [3.05, 3.63) is 39.4 Å². The topological polar surface area (TPSA) is 63.5 Å². The molecule has 0 radical (unpaired) electrons. The van der Waals surface area contributed by atoms with E-state index in [0.29, 0.717) is 0 Å². The van der Waals surface area contributed by atoms with Gasteiger partial charge in [0.05, 0.1) is 4.92 Å². The molecular formula is C12H15ClN2O3. The fraction of sp³-hybridized carbons (Fsp3) is 0.417. The van der Waals surface area contributed by atoms with E-state index in [2.05, 4.69) is 0 Å². The second-order valence-corrected chi connectivity index (χ2v) is 4.51. The number of rotatable bonds is 4. The van der Waals surface area contributed by atoms with E-state index in [9.17, 15) is 14.9 Å². The highest BCUT2D eigenvalue weighted by Gasteiger charge is 2.24. The third-order valence-corrected chi connectivity index (χ3v) is 3.23. The van der Waals surface area contributed by atoms with E-state index >= 15 is 0 Å². The molecule has 6 heteroatoms. The molecule has 0 aliphatic carbocycles. The zero-order valence-electron chi connectivity index (χ0n) is 10.5. The minimum atomic E-state index is -0.550. The Balaban J connectivity index is 3.19. The van der Waals surface area contributed by atoms with Gasteiger partial charge in [0, 0.05) is 25.0 Å². The zero-order chi connectivity index (χ0) is 13.9. The Labute approximate surface area is 110 Å². The summed E-state index contributed by atoms with van der Waals surface area (Å²) in [7, 11) is 1.58. The number of hydrogen-bond donors (Lipinski definition) is 0. The van der Waals surface area contributed by atoms with Crippen LogP contribution >= 0.6 is 11.6 Å². The van der Waals surface area contributed by atoms with Crippen LogP contribution in [0.25, 0.3) is 0 Å². The predicted molar refractivity (Wildman–Crippen MR) is 70.1 cm³/mol. The lowest BCUT2D eigenvalue weighted by atomic mass is 10.1. The van der Waals surface area contributed by atoms with Crippen LogP contribution in [0, 0.1) is 17.0 Å². The van der Waals surface area contributed by atoms with Crippen molar-refractivity contribution in [1.29, 1.82) is 0 Å². The maximum atomic E-state index is 12.2. The number of hydrogen-bond acceptors (Lipinski definition) is 3. The van der Waals surface area contributed by atoms with Gasteiger partial charge in [-0.05, 0) is 25.5 Å². The first-order chi connectivity index (χ1) is 8.38. The SMILES string of the molecule is Cc1ccc([N+](=O)[O-])c(C(=O)N(C)C(C)CCl)c1. The van der Waals surface area contributed by atoms with Gasteiger partial charge in [-0.1, -0.05) is 6.07 Å². The summed E-state index contributed by atoms with van der Waals surface area (Å²) in [6, 6.07) is 4.30. The van der Waals surface area contributed by atoms with Crippen LogP contribution in [-0.4, -0.2) is 34.7 Å². The van der Waals surface area contributed by atoms with Crippen molar-refractivity contribution in [1.82, 2.24) is 4.90 Å². The van der Waals surface area contributed by atoms with Crippen LogP contribution in [0.5, 0.6) is 0 Å². The van der Waals surface area contributed by atoms with E-state index in [1.54, 1.807) is 27.0 Å². The second-order valence-electron chi connectivity index (χ2n) is 4.20. The van der Waals surface area contributed by atoms with Crippen LogP contribution in [0.3, 0.4) is 0 Å². The molecule has 0 fully saturated rings. The standard InChI is InChI=1S/C12H15ClN2O3/c1-8-4-5-11(15(17)18)10(6-8)12(16)14(3)9(2)7-13/h4-6,9H,7H2,1-3H3. The summed E-state index contributed by atoms with van der Waals surface area (Å²) in [5.74, 6) is -0.111. The van der Waals surface area contributed by atoms with Crippen LogP contribution < -0.4 is 0 Å². The molecule has 1 amide bonds. The van der Waals surface area contributed by atoms with Crippen molar-refractivity contribution in [3.8, 4) is 0 Å². The van der Waals surface area contributed by atoms with Crippen molar-refractivity contribution >= 4 is 23.2 Å². The minimum Gasteiger partial charge on any atom is -0.338 e. The van der Waals surface area contributed by atoms with Crippen molar-refractivity contribution in [2.75, 3.05) is 12.9 Å². The Morgan fingerprint density at radius 1 is 1.56 bits per heavy atom. The van der Waals surface area contributed by atoms with Crippen LogP contribution in [0.2, 0.25) is 0 Å². The molecular weight excluding hydrogens is 256 g/mol. The summed E-state index contributed by atoms with van der Waals surface area (Å²) in [5, 5.41) is 10.9. The summed E-state index contributed by atoms with van der Waals surface area (Å²) in [4.78, 5) is 24.0. The van der Waals surface area contributed by atoms with Gasteiger partial charge in [0.25, 0.3) is 11.6 Å². The normalized spacial score (nSPS) is 12.0. The molecule has 0 bridgehead atoms. The van der Waals surface area contributed by atoms with E-state index in [1.165, 1.54) is 17.0 Å². The van der Waals surface area contributed by atoms with E-state index in [1.807, 2.05) is 0 Å². The molecule has 0 N–H and O–H groups in total. The fourth-order valence-corrected chi connectivity index (χ4v) is 1.68. The number of nitro benzene ring substituents is 1. The third-order valence-electron chi connectivity index (χ3n) is 2.78. The average molecular weight is 271 g/mol. The first-order valence-electron chi connectivity index (χ1n) is 5.46. The largest absolute Gasteiger partial charge is 0.338 e. The first kappa shape index (κ1) is 14.4. The first-order valence-corrected chi connectivity index (χ1v) is 6.00. The number of benzene rings is 1. The number of aryl methyl sites for hydroxylation is 1. The van der Waals surface area contributed by atoms with Crippen LogP contribution in [-0.2, 0) is 0 Å². The lowest BCUT2D eigenvalue weighted by Gasteiger charge is -2.23. The Morgan fingerprint density at radius 3 is 2.67 bits per heavy atom. The highest BCUT2D eigenvalue weighted by Crippen LogP contribution is 2.22. The molecule has 1 unspecified atom stereocenters. The predicted octanol–water partition coefficient (Wildman–Crippen LogP) is 2.60. The highest BCUT2D eigenvalue weighted by atomic mass is 35.5. The second kappa shape index (κ2) is 5.82. The molecule has 1 aromatic carbocycles. The molecule has 0 heterocycles. The molecule has 0 aliphatic heterocycles. The van der Waals surface area contributed by atoms with Gasteiger partial charge >= 0.3 is 0 Å². The van der Waals surface area contributed by atoms with Gasteiger partial charge in [0.15, 0.2) is 0 Å². The Kier molecular flexibility index (Phi) is 4.67. The summed E-state index contributed by atoms with van der Waals surface area (Å²) in [6.45, 7) is 3.57. The highest BCUT2D eigenvalue weighted by molar-refractivity contribution is 6.18. The molecule has 0 saturated heterocycles. The lowest BCUT2D eigenvalue weighted by Crippen LogP contribution is -2.36. The molecule has 0 aromatic heterocycles. The quantitative estimate of drug-likeness (QED) is 0.480. The number of carbonyl (C=O) groups is 1. The van der Waals surface area contributed by atoms with Gasteiger partial charge in [-0.15, -0.1) is 11.6 Å². The number of nitrogens with zero attached hydrogens (tertiary/aromatic N) is 2. The molecule has 1 atom stereocenters. The molecule has 5 nitrogen and oxygen atoms in total. The molecule has 1 aromatic rings. The molecule has 98 valence electrons. The Hall–Kier alpha value is -1.62. The minimum absolute atomic E-state index is 0.0967. The van der Waals surface area contributed by atoms with Gasteiger partial charge in [0.2, 0.25) is 0 Å². The van der Waals surface area contributed by atoms with Crippen molar-refractivity contribution in [3.63, 3.8) is 0 Å². The molecule has 0 saturated carbocycles. The Morgan fingerprint density at radius 2 is 2.17 bits per heavy atom. The maximum Gasteiger partial charge on any atom is 0.282 e. The number of alkyl halides is 1. The van der Waals surface area contributed by atoms with E-state index in [4.69, 9.17) is 11.6 Å². The third kappa shape index (κ3) is 2.98. The van der Waals surface area contributed by atoms with Crippen LogP contribution in [0.15, 0.2) is 18.2 Å². The zero-order valence-corrected chi connectivity index (χ0v) is 11.3. The summed E-state index contributed by atoms with van der Waals surface area (Å²) >= 11 is 5.68. The molecule has 18 heavy (non-hydrogen) atoms. The molecule has 0 spiro atoms. The van der Waals surface area contributed by atoms with Crippen molar-refractivity contribution < 1.29 is 9.72 Å². The van der Waals surface area contributed by atoms with Gasteiger partial charge in [-0.3, -0.25) is 14.9 Å². The number of amides is 1. The molecule has 0 aliphatic rings. The van der Waals surface area contributed by atoms with E-state index in [0.717, 1.165) is 5.56 Å². The smallest absolute Gasteiger partial charge is 0.282 e. The van der Waals surface area contributed by atoms with Gasteiger partial charge in [-0.2, -0.15) is 0 Å². The van der Waals surface area contributed by atoms with Crippen LogP contribution in [0.4, 0.5) is 5.69 Å². The maximum absolute atomic E-state index is 12.2. The number of nitro groups is 1. The fourth-order valence-electron chi connectivity index (χ4n) is 1.47.